The highest BCUT2D eigenvalue weighted by atomic mass is 35.5. The summed E-state index contributed by atoms with van der Waals surface area (Å²) < 4.78 is 24.5. The van der Waals surface area contributed by atoms with Crippen LogP contribution in [0.2, 0.25) is 5.02 Å². The summed E-state index contributed by atoms with van der Waals surface area (Å²) in [6, 6.07) is 3.63. The number of aliphatic imine (C=N–C) groups is 1. The molecule has 0 aliphatic carbocycles. The van der Waals surface area contributed by atoms with Gasteiger partial charge in [-0.25, -0.2) is 13.6 Å². The molecule has 0 heterocycles. The lowest BCUT2D eigenvalue weighted by Gasteiger charge is -2.02. The molecule has 1 aromatic rings. The maximum atomic E-state index is 12.2. The topological polar surface area (TPSA) is 29.4 Å². The van der Waals surface area contributed by atoms with Gasteiger partial charge in [0.1, 0.15) is 0 Å². The SMILES string of the molecule is O=C=Nc1cc(Cl)ccc1C(F)F. The molecule has 0 bridgehead atoms. The minimum absolute atomic E-state index is 0.141. The highest BCUT2D eigenvalue weighted by molar-refractivity contribution is 6.30. The van der Waals surface area contributed by atoms with Gasteiger partial charge in [0.05, 0.1) is 5.69 Å². The second-order valence-electron chi connectivity index (χ2n) is 2.21. The zero-order chi connectivity index (χ0) is 9.84. The number of rotatable bonds is 2. The number of nitrogens with zero attached hydrogens (tertiary/aromatic N) is 1. The molecule has 1 aromatic carbocycles. The number of alkyl halides is 2. The van der Waals surface area contributed by atoms with Crippen molar-refractivity contribution in [2.75, 3.05) is 0 Å². The summed E-state index contributed by atoms with van der Waals surface area (Å²) in [5.41, 5.74) is -0.467. The summed E-state index contributed by atoms with van der Waals surface area (Å²) in [7, 11) is 0. The molecule has 0 saturated carbocycles. The molecule has 0 unspecified atom stereocenters. The second kappa shape index (κ2) is 4.12. The average molecular weight is 204 g/mol. The first kappa shape index (κ1) is 9.84. The molecule has 0 saturated heterocycles. The van der Waals surface area contributed by atoms with Crippen LogP contribution in [0.1, 0.15) is 12.0 Å². The summed E-state index contributed by atoms with van der Waals surface area (Å²) >= 11 is 5.52. The maximum absolute atomic E-state index is 12.2. The van der Waals surface area contributed by atoms with Gasteiger partial charge in [-0.3, -0.25) is 0 Å². The normalized spacial score (nSPS) is 9.85. The summed E-state index contributed by atoms with van der Waals surface area (Å²) in [5, 5.41) is 0.249. The van der Waals surface area contributed by atoms with Crippen molar-refractivity contribution in [1.82, 2.24) is 0 Å². The fraction of sp³-hybridized carbons (Fsp3) is 0.125. The molecular formula is C8H4ClF2NO. The van der Waals surface area contributed by atoms with E-state index in [9.17, 15) is 13.6 Å². The molecule has 2 nitrogen and oxygen atoms in total. The predicted octanol–water partition coefficient (Wildman–Crippen LogP) is 3.24. The molecule has 1 rings (SSSR count). The van der Waals surface area contributed by atoms with Crippen LogP contribution >= 0.6 is 11.6 Å². The third-order valence-corrected chi connectivity index (χ3v) is 1.63. The van der Waals surface area contributed by atoms with Gasteiger partial charge in [-0.2, -0.15) is 4.99 Å². The van der Waals surface area contributed by atoms with E-state index in [1.807, 2.05) is 0 Å². The first-order chi connectivity index (χ1) is 6.15. The van der Waals surface area contributed by atoms with E-state index >= 15 is 0 Å². The number of halogens is 3. The van der Waals surface area contributed by atoms with Crippen molar-refractivity contribution in [3.05, 3.63) is 28.8 Å². The molecule has 13 heavy (non-hydrogen) atoms. The first-order valence-electron chi connectivity index (χ1n) is 3.30. The van der Waals surface area contributed by atoms with Crippen molar-refractivity contribution < 1.29 is 13.6 Å². The van der Waals surface area contributed by atoms with Gasteiger partial charge in [-0.05, 0) is 18.2 Å². The van der Waals surface area contributed by atoms with Crippen LogP contribution in [0.3, 0.4) is 0 Å². The van der Waals surface area contributed by atoms with E-state index in [0.29, 0.717) is 0 Å². The van der Waals surface area contributed by atoms with Gasteiger partial charge in [0.25, 0.3) is 6.43 Å². The van der Waals surface area contributed by atoms with Crippen LogP contribution in [-0.2, 0) is 4.79 Å². The minimum atomic E-state index is -2.68. The van der Waals surface area contributed by atoms with E-state index in [1.165, 1.54) is 18.2 Å². The van der Waals surface area contributed by atoms with Crippen LogP contribution in [-0.4, -0.2) is 6.08 Å². The van der Waals surface area contributed by atoms with Crippen LogP contribution in [0.4, 0.5) is 14.5 Å². The van der Waals surface area contributed by atoms with Crippen LogP contribution in [0.25, 0.3) is 0 Å². The standard InChI is InChI=1S/C8H4ClF2NO/c9-5-1-2-6(8(10)11)7(3-5)12-4-13/h1-3,8H. The van der Waals surface area contributed by atoms with Gasteiger partial charge in [0.2, 0.25) is 6.08 Å². The third-order valence-electron chi connectivity index (χ3n) is 1.39. The van der Waals surface area contributed by atoms with Crippen molar-refractivity contribution >= 4 is 23.4 Å². The molecule has 0 N–H and O–H groups in total. The monoisotopic (exact) mass is 203 g/mol. The Balaban J connectivity index is 3.26. The Labute approximate surface area is 77.9 Å². The second-order valence-corrected chi connectivity index (χ2v) is 2.64. The van der Waals surface area contributed by atoms with E-state index in [4.69, 9.17) is 11.6 Å². The first-order valence-corrected chi connectivity index (χ1v) is 3.68. The molecule has 0 fully saturated rings. The van der Waals surface area contributed by atoms with Crippen LogP contribution < -0.4 is 0 Å². The van der Waals surface area contributed by atoms with Crippen molar-refractivity contribution in [2.45, 2.75) is 6.43 Å². The molecular weight excluding hydrogens is 200 g/mol. The molecule has 0 aromatic heterocycles. The van der Waals surface area contributed by atoms with Crippen molar-refractivity contribution in [3.8, 4) is 0 Å². The Morgan fingerprint density at radius 1 is 1.46 bits per heavy atom. The Morgan fingerprint density at radius 3 is 2.69 bits per heavy atom. The van der Waals surface area contributed by atoms with Gasteiger partial charge in [0, 0.05) is 10.6 Å². The van der Waals surface area contributed by atoms with Crippen molar-refractivity contribution in [1.29, 1.82) is 0 Å². The third kappa shape index (κ3) is 2.34. The molecule has 0 atom stereocenters. The molecule has 0 spiro atoms. The number of benzene rings is 1. The van der Waals surface area contributed by atoms with Crippen molar-refractivity contribution in [2.24, 2.45) is 4.99 Å². The Kier molecular flexibility index (Phi) is 3.12. The lowest BCUT2D eigenvalue weighted by atomic mass is 10.2. The summed E-state index contributed by atoms with van der Waals surface area (Å²) in [5.74, 6) is 0. The Bertz CT molecular complexity index is 361. The van der Waals surface area contributed by atoms with Gasteiger partial charge < -0.3 is 0 Å². The van der Waals surface area contributed by atoms with E-state index in [-0.39, 0.29) is 16.3 Å². The lowest BCUT2D eigenvalue weighted by Crippen LogP contribution is -1.84. The zero-order valence-electron chi connectivity index (χ0n) is 6.30. The smallest absolute Gasteiger partial charge is 0.211 e. The molecule has 0 amide bonds. The molecule has 0 aliphatic heterocycles. The van der Waals surface area contributed by atoms with Gasteiger partial charge in [-0.15, -0.1) is 0 Å². The van der Waals surface area contributed by atoms with E-state index < -0.39 is 6.43 Å². The highest BCUT2D eigenvalue weighted by Gasteiger charge is 2.12. The predicted molar refractivity (Wildman–Crippen MR) is 44.2 cm³/mol. The lowest BCUT2D eigenvalue weighted by molar-refractivity contribution is 0.152. The summed E-state index contributed by atoms with van der Waals surface area (Å²) in [4.78, 5) is 13.0. The van der Waals surface area contributed by atoms with Gasteiger partial charge in [0.15, 0.2) is 0 Å². The molecule has 68 valence electrons. The summed E-state index contributed by atoms with van der Waals surface area (Å²) in [6.45, 7) is 0. The largest absolute Gasteiger partial charge is 0.265 e. The highest BCUT2D eigenvalue weighted by Crippen LogP contribution is 2.31. The number of hydrogen-bond acceptors (Lipinski definition) is 2. The number of isocyanates is 1. The fourth-order valence-corrected chi connectivity index (χ4v) is 1.01. The number of carbonyl (C=O) groups excluding carboxylic acids is 1. The van der Waals surface area contributed by atoms with Crippen molar-refractivity contribution in [3.63, 3.8) is 0 Å². The average Bonchev–Trinajstić information content (AvgIpc) is 2.04. The van der Waals surface area contributed by atoms with E-state index in [1.54, 1.807) is 0 Å². The quantitative estimate of drug-likeness (QED) is 0.536. The zero-order valence-corrected chi connectivity index (χ0v) is 7.05. The van der Waals surface area contributed by atoms with E-state index in [2.05, 4.69) is 4.99 Å². The molecule has 0 aliphatic rings. The Morgan fingerprint density at radius 2 is 2.15 bits per heavy atom. The maximum Gasteiger partial charge on any atom is 0.265 e. The molecule has 0 radical (unpaired) electrons. The number of hydrogen-bond donors (Lipinski definition) is 0. The Hall–Kier alpha value is -1.25. The summed E-state index contributed by atoms with van der Waals surface area (Å²) in [6.07, 6.45) is -1.49. The minimum Gasteiger partial charge on any atom is -0.211 e. The van der Waals surface area contributed by atoms with E-state index in [0.717, 1.165) is 6.07 Å². The molecule has 5 heteroatoms. The van der Waals surface area contributed by atoms with Crippen LogP contribution in [0, 0.1) is 0 Å². The van der Waals surface area contributed by atoms with Crippen LogP contribution in [0.5, 0.6) is 0 Å². The van der Waals surface area contributed by atoms with Gasteiger partial charge in [-0.1, -0.05) is 11.6 Å². The fourth-order valence-electron chi connectivity index (χ4n) is 0.847. The van der Waals surface area contributed by atoms with Gasteiger partial charge >= 0.3 is 0 Å². The van der Waals surface area contributed by atoms with Crippen LogP contribution in [0.15, 0.2) is 23.2 Å².